The minimum atomic E-state index is 0.318. The smallest absolute Gasteiger partial charge is 0.119 e. The monoisotopic (exact) mass is 367 g/mol. The van der Waals surface area contributed by atoms with Gasteiger partial charge in [0.25, 0.3) is 0 Å². The van der Waals surface area contributed by atoms with Crippen LogP contribution < -0.4 is 10.1 Å². The predicted molar refractivity (Wildman–Crippen MR) is 94.0 cm³/mol. The van der Waals surface area contributed by atoms with Crippen molar-refractivity contribution in [3.63, 3.8) is 0 Å². The topological polar surface area (TPSA) is 21.3 Å². The maximum absolute atomic E-state index is 5.71. The molecule has 0 fully saturated rings. The second kappa shape index (κ2) is 7.97. The molecule has 0 spiro atoms. The van der Waals surface area contributed by atoms with E-state index in [0.29, 0.717) is 12.0 Å². The molecule has 0 aliphatic carbocycles. The zero-order chi connectivity index (χ0) is 15.2. The van der Waals surface area contributed by atoms with Gasteiger partial charge in [-0.25, -0.2) is 0 Å². The molecule has 4 heteroatoms. The lowest BCUT2D eigenvalue weighted by Gasteiger charge is -2.15. The molecule has 0 radical (unpaired) electrons. The summed E-state index contributed by atoms with van der Waals surface area (Å²) in [6.45, 7) is 8.14. The molecule has 2 nitrogen and oxygen atoms in total. The van der Waals surface area contributed by atoms with Gasteiger partial charge >= 0.3 is 0 Å². The zero-order valence-electron chi connectivity index (χ0n) is 12.7. The summed E-state index contributed by atoms with van der Waals surface area (Å²) in [5.41, 5.74) is 1.28. The minimum Gasteiger partial charge on any atom is -0.493 e. The van der Waals surface area contributed by atoms with Gasteiger partial charge in [-0.2, -0.15) is 0 Å². The van der Waals surface area contributed by atoms with Crippen molar-refractivity contribution in [3.8, 4) is 5.75 Å². The van der Waals surface area contributed by atoms with Crippen LogP contribution in [0.25, 0.3) is 0 Å². The molecule has 1 aromatic heterocycles. The molecule has 1 atom stereocenters. The fourth-order valence-corrected chi connectivity index (χ4v) is 3.37. The summed E-state index contributed by atoms with van der Waals surface area (Å²) >= 11 is 5.33. The van der Waals surface area contributed by atoms with Crippen LogP contribution in [0.15, 0.2) is 40.2 Å². The highest BCUT2D eigenvalue weighted by Crippen LogP contribution is 2.24. The van der Waals surface area contributed by atoms with Crippen molar-refractivity contribution in [1.82, 2.24) is 5.32 Å². The van der Waals surface area contributed by atoms with Gasteiger partial charge in [0.15, 0.2) is 0 Å². The summed E-state index contributed by atoms with van der Waals surface area (Å²) in [7, 11) is 0. The molecule has 0 bridgehead atoms. The van der Waals surface area contributed by atoms with Gasteiger partial charge in [-0.1, -0.05) is 26.0 Å². The van der Waals surface area contributed by atoms with E-state index in [-0.39, 0.29) is 0 Å². The van der Waals surface area contributed by atoms with Crippen LogP contribution in [-0.2, 0) is 6.54 Å². The van der Waals surface area contributed by atoms with E-state index in [2.05, 4.69) is 77.7 Å². The molecular weight excluding hydrogens is 346 g/mol. The number of rotatable bonds is 7. The molecule has 2 rings (SSSR count). The molecule has 21 heavy (non-hydrogen) atoms. The number of benzene rings is 1. The maximum atomic E-state index is 5.71. The van der Waals surface area contributed by atoms with Crippen molar-refractivity contribution in [1.29, 1.82) is 0 Å². The first kappa shape index (κ1) is 16.5. The first-order valence-corrected chi connectivity index (χ1v) is 8.91. The molecule has 0 saturated heterocycles. The molecule has 1 unspecified atom stereocenters. The zero-order valence-corrected chi connectivity index (χ0v) is 15.1. The van der Waals surface area contributed by atoms with E-state index in [1.165, 1.54) is 14.9 Å². The quantitative estimate of drug-likeness (QED) is 0.707. The number of hydrogen-bond donors (Lipinski definition) is 1. The number of thiophene rings is 1. The maximum Gasteiger partial charge on any atom is 0.119 e. The van der Waals surface area contributed by atoms with E-state index < -0.39 is 0 Å². The summed E-state index contributed by atoms with van der Waals surface area (Å²) in [5.74, 6) is 1.50. The lowest BCUT2D eigenvalue weighted by molar-refractivity contribution is 0.271. The second-order valence-electron chi connectivity index (χ2n) is 5.57. The van der Waals surface area contributed by atoms with Crippen LogP contribution in [0.4, 0.5) is 0 Å². The lowest BCUT2D eigenvalue weighted by atomic mass is 10.1. The Labute approximate surface area is 139 Å². The number of halogens is 1. The third kappa shape index (κ3) is 5.13. The number of hydrogen-bond acceptors (Lipinski definition) is 3. The van der Waals surface area contributed by atoms with Gasteiger partial charge < -0.3 is 10.1 Å². The highest BCUT2D eigenvalue weighted by atomic mass is 79.9. The van der Waals surface area contributed by atoms with Crippen molar-refractivity contribution < 1.29 is 4.74 Å². The summed E-state index contributed by atoms with van der Waals surface area (Å²) in [6.07, 6.45) is 0. The van der Waals surface area contributed by atoms with Gasteiger partial charge in [0.05, 0.1) is 6.61 Å². The average molecular weight is 368 g/mol. The fourth-order valence-electron chi connectivity index (χ4n) is 1.93. The highest BCUT2D eigenvalue weighted by Gasteiger charge is 2.07. The Balaban J connectivity index is 1.87. The normalized spacial score (nSPS) is 12.6. The van der Waals surface area contributed by atoms with E-state index in [4.69, 9.17) is 4.74 Å². The Morgan fingerprint density at radius 2 is 1.86 bits per heavy atom. The van der Waals surface area contributed by atoms with Crippen molar-refractivity contribution in [2.75, 3.05) is 6.61 Å². The Hall–Kier alpha value is -0.840. The number of nitrogens with one attached hydrogen (secondary N) is 1. The Bertz CT molecular complexity index is 550. The molecule has 1 N–H and O–H groups in total. The van der Waals surface area contributed by atoms with Gasteiger partial charge in [0.1, 0.15) is 5.75 Å². The van der Waals surface area contributed by atoms with Crippen molar-refractivity contribution in [2.45, 2.75) is 33.4 Å². The first-order valence-electron chi connectivity index (χ1n) is 7.24. The molecule has 1 aromatic carbocycles. The second-order valence-corrected chi connectivity index (χ2v) is 7.42. The van der Waals surface area contributed by atoms with Gasteiger partial charge in [-0.3, -0.25) is 0 Å². The summed E-state index contributed by atoms with van der Waals surface area (Å²) in [5, 5.41) is 5.66. The van der Waals surface area contributed by atoms with Crippen LogP contribution in [0.2, 0.25) is 0 Å². The van der Waals surface area contributed by atoms with Gasteiger partial charge in [-0.05, 0) is 57.9 Å². The predicted octanol–water partition coefficient (Wildman–Crippen LogP) is 5.40. The third-order valence-corrected chi connectivity index (χ3v) is 5.15. The molecular formula is C17H22BrNOS. The van der Waals surface area contributed by atoms with Crippen LogP contribution >= 0.6 is 27.3 Å². The molecule has 0 aliphatic heterocycles. The average Bonchev–Trinajstić information content (AvgIpc) is 2.88. The Morgan fingerprint density at radius 1 is 1.14 bits per heavy atom. The van der Waals surface area contributed by atoms with Crippen LogP contribution in [0.5, 0.6) is 5.75 Å². The molecule has 0 aliphatic rings. The van der Waals surface area contributed by atoms with E-state index in [9.17, 15) is 0 Å². The Morgan fingerprint density at radius 3 is 2.43 bits per heavy atom. The Kier molecular flexibility index (Phi) is 6.27. The summed E-state index contributed by atoms with van der Waals surface area (Å²) in [4.78, 5) is 1.33. The van der Waals surface area contributed by atoms with Crippen molar-refractivity contribution in [2.24, 2.45) is 5.92 Å². The van der Waals surface area contributed by atoms with E-state index in [1.54, 1.807) is 11.3 Å². The lowest BCUT2D eigenvalue weighted by Crippen LogP contribution is -2.17. The molecule has 2 aromatic rings. The van der Waals surface area contributed by atoms with Crippen LogP contribution in [0.1, 0.15) is 37.3 Å². The van der Waals surface area contributed by atoms with Crippen LogP contribution in [0.3, 0.4) is 0 Å². The molecule has 114 valence electrons. The SMILES string of the molecule is CC(C)COc1ccc(C(C)NCc2sccc2Br)cc1. The van der Waals surface area contributed by atoms with Crippen molar-refractivity contribution in [3.05, 3.63) is 50.6 Å². The summed E-state index contributed by atoms with van der Waals surface area (Å²) in [6, 6.07) is 10.8. The standard InChI is InChI=1S/C17H22BrNOS/c1-12(2)11-20-15-6-4-14(5-7-15)13(3)19-10-17-16(18)8-9-21-17/h4-9,12-13,19H,10-11H2,1-3H3. The van der Waals surface area contributed by atoms with Gasteiger partial charge in [0, 0.05) is 21.9 Å². The third-order valence-electron chi connectivity index (χ3n) is 3.22. The van der Waals surface area contributed by atoms with Gasteiger partial charge in [0.2, 0.25) is 0 Å². The molecule has 0 amide bonds. The molecule has 1 heterocycles. The van der Waals surface area contributed by atoms with E-state index in [1.807, 2.05) is 0 Å². The largest absolute Gasteiger partial charge is 0.493 e. The van der Waals surface area contributed by atoms with Crippen molar-refractivity contribution >= 4 is 27.3 Å². The van der Waals surface area contributed by atoms with E-state index >= 15 is 0 Å². The van der Waals surface area contributed by atoms with Crippen LogP contribution in [0, 0.1) is 5.92 Å². The van der Waals surface area contributed by atoms with Gasteiger partial charge in [-0.15, -0.1) is 11.3 Å². The summed E-state index contributed by atoms with van der Waals surface area (Å²) < 4.78 is 6.90. The minimum absolute atomic E-state index is 0.318. The fraction of sp³-hybridized carbons (Fsp3) is 0.412. The molecule has 0 saturated carbocycles. The highest BCUT2D eigenvalue weighted by molar-refractivity contribution is 9.10. The van der Waals surface area contributed by atoms with Crippen LogP contribution in [-0.4, -0.2) is 6.61 Å². The number of ether oxygens (including phenoxy) is 1. The van der Waals surface area contributed by atoms with E-state index in [0.717, 1.165) is 18.9 Å². The first-order chi connectivity index (χ1) is 10.1.